The zero-order valence-corrected chi connectivity index (χ0v) is 11.9. The van der Waals surface area contributed by atoms with Gasteiger partial charge in [-0.25, -0.2) is 0 Å². The normalized spacial score (nSPS) is 19.2. The molecule has 0 saturated heterocycles. The summed E-state index contributed by atoms with van der Waals surface area (Å²) >= 11 is 0. The van der Waals surface area contributed by atoms with Crippen LogP contribution < -0.4 is 10.5 Å². The van der Waals surface area contributed by atoms with Gasteiger partial charge < -0.3 is 10.5 Å². The average Bonchev–Trinajstić information content (AvgIpc) is 2.48. The molecular weight excluding hydrogens is 246 g/mol. The van der Waals surface area contributed by atoms with Crippen LogP contribution in [0.4, 0.5) is 0 Å². The van der Waals surface area contributed by atoms with Crippen molar-refractivity contribution in [3.05, 3.63) is 65.2 Å². The first-order valence-corrected chi connectivity index (χ1v) is 7.34. The van der Waals surface area contributed by atoms with Crippen LogP contribution in [0.15, 0.2) is 48.5 Å². The maximum Gasteiger partial charge on any atom is 0.124 e. The molecule has 104 valence electrons. The molecule has 2 heteroatoms. The lowest BCUT2D eigenvalue weighted by Crippen LogP contribution is -2.15. The molecule has 0 bridgehead atoms. The van der Waals surface area contributed by atoms with E-state index in [0.29, 0.717) is 0 Å². The Kier molecular flexibility index (Phi) is 3.75. The van der Waals surface area contributed by atoms with Crippen molar-refractivity contribution in [1.82, 2.24) is 0 Å². The van der Waals surface area contributed by atoms with Gasteiger partial charge in [0.05, 0.1) is 0 Å². The number of rotatable bonds is 3. The van der Waals surface area contributed by atoms with Gasteiger partial charge in [0.25, 0.3) is 0 Å². The second kappa shape index (κ2) is 5.68. The number of aryl methyl sites for hydroxylation is 1. The van der Waals surface area contributed by atoms with Gasteiger partial charge >= 0.3 is 0 Å². The van der Waals surface area contributed by atoms with Crippen LogP contribution >= 0.6 is 0 Å². The topological polar surface area (TPSA) is 35.2 Å². The summed E-state index contributed by atoms with van der Waals surface area (Å²) in [6, 6.07) is 16.8. The van der Waals surface area contributed by atoms with E-state index in [0.717, 1.165) is 17.7 Å². The van der Waals surface area contributed by atoms with Crippen LogP contribution in [0, 0.1) is 0 Å². The molecule has 0 amide bonds. The zero-order chi connectivity index (χ0) is 13.9. The lowest BCUT2D eigenvalue weighted by molar-refractivity contribution is 0.183. The summed E-state index contributed by atoms with van der Waals surface area (Å²) in [5.41, 5.74) is 9.78. The van der Waals surface area contributed by atoms with Gasteiger partial charge in [-0.3, -0.25) is 0 Å². The summed E-state index contributed by atoms with van der Waals surface area (Å²) in [6.45, 7) is 1.99. The van der Waals surface area contributed by atoms with Gasteiger partial charge in [0.2, 0.25) is 0 Å². The SMILES string of the molecule is C[C@H](N)c1ccc(OC2CCCc3ccccc32)cc1. The molecule has 0 radical (unpaired) electrons. The number of fused-ring (bicyclic) bond motifs is 1. The molecule has 1 aliphatic rings. The number of hydrogen-bond acceptors (Lipinski definition) is 2. The fourth-order valence-corrected chi connectivity index (χ4v) is 2.85. The minimum absolute atomic E-state index is 0.0689. The highest BCUT2D eigenvalue weighted by Gasteiger charge is 2.21. The molecule has 0 fully saturated rings. The Morgan fingerprint density at radius 3 is 2.60 bits per heavy atom. The van der Waals surface area contributed by atoms with Gasteiger partial charge in [0.1, 0.15) is 11.9 Å². The second-order valence-electron chi connectivity index (χ2n) is 5.56. The Morgan fingerprint density at radius 1 is 1.10 bits per heavy atom. The molecule has 0 aliphatic heterocycles. The molecule has 1 unspecified atom stereocenters. The molecule has 2 N–H and O–H groups in total. The average molecular weight is 267 g/mol. The van der Waals surface area contributed by atoms with Gasteiger partial charge in [-0.1, -0.05) is 36.4 Å². The van der Waals surface area contributed by atoms with Crippen molar-refractivity contribution in [1.29, 1.82) is 0 Å². The first kappa shape index (κ1) is 13.2. The highest BCUT2D eigenvalue weighted by molar-refractivity contribution is 5.34. The van der Waals surface area contributed by atoms with Crippen LogP contribution in [-0.2, 0) is 6.42 Å². The molecule has 0 spiro atoms. The Hall–Kier alpha value is -1.80. The minimum Gasteiger partial charge on any atom is -0.486 e. The third-order valence-electron chi connectivity index (χ3n) is 4.00. The summed E-state index contributed by atoms with van der Waals surface area (Å²) in [6.07, 6.45) is 3.63. The maximum atomic E-state index is 6.18. The third kappa shape index (κ3) is 2.70. The highest BCUT2D eigenvalue weighted by atomic mass is 16.5. The van der Waals surface area contributed by atoms with Crippen molar-refractivity contribution in [3.8, 4) is 5.75 Å². The molecule has 1 aliphatic carbocycles. The molecular formula is C18H21NO. The first-order valence-electron chi connectivity index (χ1n) is 7.34. The second-order valence-corrected chi connectivity index (χ2v) is 5.56. The number of hydrogen-bond donors (Lipinski definition) is 1. The Labute approximate surface area is 120 Å². The molecule has 0 aromatic heterocycles. The van der Waals surface area contributed by atoms with E-state index in [9.17, 15) is 0 Å². The Bertz CT molecular complexity index is 574. The first-order chi connectivity index (χ1) is 9.74. The number of benzene rings is 2. The molecule has 2 nitrogen and oxygen atoms in total. The molecule has 2 atom stereocenters. The van der Waals surface area contributed by atoms with Gasteiger partial charge in [0.15, 0.2) is 0 Å². The van der Waals surface area contributed by atoms with Gasteiger partial charge in [0, 0.05) is 6.04 Å². The van der Waals surface area contributed by atoms with E-state index >= 15 is 0 Å². The van der Waals surface area contributed by atoms with E-state index in [4.69, 9.17) is 10.5 Å². The number of ether oxygens (including phenoxy) is 1. The lowest BCUT2D eigenvalue weighted by atomic mass is 9.89. The predicted octanol–water partition coefficient (Wildman–Crippen LogP) is 4.16. The smallest absolute Gasteiger partial charge is 0.124 e. The van der Waals surface area contributed by atoms with Crippen LogP contribution in [-0.4, -0.2) is 0 Å². The fourth-order valence-electron chi connectivity index (χ4n) is 2.85. The standard InChI is InChI=1S/C18H21NO/c1-13(19)14-9-11-16(12-10-14)20-18-8-4-6-15-5-2-3-7-17(15)18/h2-3,5,7,9-13,18H,4,6,8,19H2,1H3/t13-,18?/m0/s1. The Balaban J connectivity index is 1.78. The van der Waals surface area contributed by atoms with Crippen molar-refractivity contribution in [2.45, 2.75) is 38.3 Å². The predicted molar refractivity (Wildman–Crippen MR) is 81.8 cm³/mol. The van der Waals surface area contributed by atoms with E-state index in [1.165, 1.54) is 24.0 Å². The summed E-state index contributed by atoms with van der Waals surface area (Å²) in [5.74, 6) is 0.927. The molecule has 0 saturated carbocycles. The van der Waals surface area contributed by atoms with Crippen LogP contribution in [0.3, 0.4) is 0 Å². The quantitative estimate of drug-likeness (QED) is 0.906. The molecule has 3 rings (SSSR count). The van der Waals surface area contributed by atoms with Crippen molar-refractivity contribution in [2.24, 2.45) is 5.73 Å². The van der Waals surface area contributed by atoms with E-state index < -0.39 is 0 Å². The van der Waals surface area contributed by atoms with Crippen LogP contribution in [0.1, 0.15) is 48.6 Å². The minimum atomic E-state index is 0.0689. The van der Waals surface area contributed by atoms with Crippen molar-refractivity contribution in [3.63, 3.8) is 0 Å². The summed E-state index contributed by atoms with van der Waals surface area (Å²) in [7, 11) is 0. The number of nitrogens with two attached hydrogens (primary N) is 1. The summed E-state index contributed by atoms with van der Waals surface area (Å²) < 4.78 is 6.18. The van der Waals surface area contributed by atoms with E-state index in [-0.39, 0.29) is 12.1 Å². The van der Waals surface area contributed by atoms with Crippen molar-refractivity contribution >= 4 is 0 Å². The van der Waals surface area contributed by atoms with Crippen LogP contribution in [0.2, 0.25) is 0 Å². The third-order valence-corrected chi connectivity index (χ3v) is 4.00. The van der Waals surface area contributed by atoms with Gasteiger partial charge in [-0.2, -0.15) is 0 Å². The molecule has 0 heterocycles. The Morgan fingerprint density at radius 2 is 1.85 bits per heavy atom. The van der Waals surface area contributed by atoms with Crippen molar-refractivity contribution in [2.75, 3.05) is 0 Å². The summed E-state index contributed by atoms with van der Waals surface area (Å²) in [5, 5.41) is 0. The fraction of sp³-hybridized carbons (Fsp3) is 0.333. The van der Waals surface area contributed by atoms with Crippen molar-refractivity contribution < 1.29 is 4.74 Å². The monoisotopic (exact) mass is 267 g/mol. The zero-order valence-electron chi connectivity index (χ0n) is 11.9. The van der Waals surface area contributed by atoms with Gasteiger partial charge in [-0.15, -0.1) is 0 Å². The van der Waals surface area contributed by atoms with Crippen LogP contribution in [0.25, 0.3) is 0 Å². The maximum absolute atomic E-state index is 6.18. The lowest BCUT2D eigenvalue weighted by Gasteiger charge is -2.26. The van der Waals surface area contributed by atoms with E-state index in [1.807, 2.05) is 19.1 Å². The largest absolute Gasteiger partial charge is 0.486 e. The van der Waals surface area contributed by atoms with E-state index in [1.54, 1.807) is 0 Å². The van der Waals surface area contributed by atoms with Gasteiger partial charge in [-0.05, 0) is 55.0 Å². The summed E-state index contributed by atoms with van der Waals surface area (Å²) in [4.78, 5) is 0. The molecule has 20 heavy (non-hydrogen) atoms. The van der Waals surface area contributed by atoms with Crippen LogP contribution in [0.5, 0.6) is 5.75 Å². The van der Waals surface area contributed by atoms with E-state index in [2.05, 4.69) is 36.4 Å². The molecule has 2 aromatic rings. The highest BCUT2D eigenvalue weighted by Crippen LogP contribution is 2.33. The molecule has 2 aromatic carbocycles.